The zero-order chi connectivity index (χ0) is 23.5. The normalized spacial score (nSPS) is 12.2. The highest BCUT2D eigenvalue weighted by molar-refractivity contribution is 7.89. The first kappa shape index (κ1) is 22.8. The Kier molecular flexibility index (Phi) is 6.35. The predicted molar refractivity (Wildman–Crippen MR) is 125 cm³/mol. The minimum atomic E-state index is -3.76. The van der Waals surface area contributed by atoms with Gasteiger partial charge in [0.15, 0.2) is 0 Å². The summed E-state index contributed by atoms with van der Waals surface area (Å²) in [5, 5.41) is 13.9. The van der Waals surface area contributed by atoms with E-state index in [0.29, 0.717) is 11.5 Å². The Labute approximate surface area is 193 Å². The first-order valence-corrected chi connectivity index (χ1v) is 12.0. The van der Waals surface area contributed by atoms with Crippen LogP contribution in [0, 0.1) is 0 Å². The number of H-pyrrole nitrogens is 1. The van der Waals surface area contributed by atoms with Crippen LogP contribution in [0.5, 0.6) is 0 Å². The van der Waals surface area contributed by atoms with E-state index >= 15 is 0 Å². The van der Waals surface area contributed by atoms with E-state index in [1.165, 1.54) is 4.31 Å². The van der Waals surface area contributed by atoms with E-state index in [9.17, 15) is 8.42 Å². The second-order valence-corrected chi connectivity index (χ2v) is 10.7. The molecule has 0 saturated carbocycles. The molecular weight excluding hydrogens is 436 g/mol. The van der Waals surface area contributed by atoms with Gasteiger partial charge in [0, 0.05) is 18.3 Å². The van der Waals surface area contributed by atoms with Gasteiger partial charge in [0.2, 0.25) is 15.8 Å². The predicted octanol–water partition coefficient (Wildman–Crippen LogP) is 3.95. The molecule has 2 heterocycles. The molecule has 0 atom stereocenters. The quantitative estimate of drug-likeness (QED) is 0.446. The van der Waals surface area contributed by atoms with Gasteiger partial charge in [-0.2, -0.15) is 9.52 Å². The molecule has 33 heavy (non-hydrogen) atoms. The summed E-state index contributed by atoms with van der Waals surface area (Å²) in [6.07, 6.45) is 1.66. The van der Waals surface area contributed by atoms with E-state index < -0.39 is 10.0 Å². The molecule has 0 radical (unpaired) electrons. The SMILES string of the molecule is CC(C)(C)c1ccc(S(=O)(=O)N(Cc2ccc(-c3nn[nH]n3)cc2)Cc2ccccn2)cc1. The lowest BCUT2D eigenvalue weighted by Crippen LogP contribution is -2.30. The van der Waals surface area contributed by atoms with Crippen LogP contribution < -0.4 is 0 Å². The molecule has 2 aromatic carbocycles. The van der Waals surface area contributed by atoms with Gasteiger partial charge < -0.3 is 0 Å². The number of hydrogen-bond donors (Lipinski definition) is 1. The zero-order valence-electron chi connectivity index (χ0n) is 18.8. The summed E-state index contributed by atoms with van der Waals surface area (Å²) in [7, 11) is -3.76. The fourth-order valence-corrected chi connectivity index (χ4v) is 4.82. The van der Waals surface area contributed by atoms with E-state index in [1.54, 1.807) is 18.3 Å². The Balaban J connectivity index is 1.64. The molecule has 0 bridgehead atoms. The second-order valence-electron chi connectivity index (χ2n) is 8.80. The molecule has 9 heteroatoms. The smallest absolute Gasteiger partial charge is 0.243 e. The molecule has 0 aliphatic carbocycles. The topological polar surface area (TPSA) is 105 Å². The van der Waals surface area contributed by atoms with Crippen molar-refractivity contribution >= 4 is 10.0 Å². The van der Waals surface area contributed by atoms with Crippen LogP contribution >= 0.6 is 0 Å². The number of sulfonamides is 1. The third kappa shape index (κ3) is 5.32. The van der Waals surface area contributed by atoms with E-state index in [2.05, 4.69) is 46.4 Å². The molecular formula is C24H26N6O2S. The maximum absolute atomic E-state index is 13.6. The van der Waals surface area contributed by atoms with Gasteiger partial charge in [0.25, 0.3) is 0 Å². The Hall–Kier alpha value is -3.43. The Bertz CT molecular complexity index is 1280. The van der Waals surface area contributed by atoms with Crippen molar-refractivity contribution in [2.75, 3.05) is 0 Å². The lowest BCUT2D eigenvalue weighted by Gasteiger charge is -2.23. The van der Waals surface area contributed by atoms with Crippen LogP contribution in [0.2, 0.25) is 0 Å². The van der Waals surface area contributed by atoms with E-state index in [0.717, 1.165) is 16.7 Å². The van der Waals surface area contributed by atoms with E-state index in [1.807, 2.05) is 54.6 Å². The summed E-state index contributed by atoms with van der Waals surface area (Å²) >= 11 is 0. The number of tetrazole rings is 1. The highest BCUT2D eigenvalue weighted by atomic mass is 32.2. The Morgan fingerprint density at radius 1 is 0.909 bits per heavy atom. The van der Waals surface area contributed by atoms with Crippen LogP contribution in [0.4, 0.5) is 0 Å². The van der Waals surface area contributed by atoms with Gasteiger partial charge in [0.1, 0.15) is 0 Å². The molecule has 0 aliphatic heterocycles. The fourth-order valence-electron chi connectivity index (χ4n) is 3.42. The Morgan fingerprint density at radius 3 is 2.21 bits per heavy atom. The molecule has 0 spiro atoms. The van der Waals surface area contributed by atoms with Crippen molar-refractivity contribution in [1.29, 1.82) is 0 Å². The third-order valence-corrected chi connectivity index (χ3v) is 7.14. The van der Waals surface area contributed by atoms with Gasteiger partial charge in [-0.3, -0.25) is 4.98 Å². The first-order chi connectivity index (χ1) is 15.7. The van der Waals surface area contributed by atoms with Crippen LogP contribution in [0.3, 0.4) is 0 Å². The molecule has 170 valence electrons. The summed E-state index contributed by atoms with van der Waals surface area (Å²) in [6, 6.07) is 20.1. The molecule has 0 amide bonds. The summed E-state index contributed by atoms with van der Waals surface area (Å²) in [5.74, 6) is 0.485. The average Bonchev–Trinajstić information content (AvgIpc) is 3.34. The number of benzene rings is 2. The number of pyridine rings is 1. The molecule has 4 rings (SSSR count). The van der Waals surface area contributed by atoms with Crippen molar-refractivity contribution in [3.63, 3.8) is 0 Å². The number of aromatic amines is 1. The lowest BCUT2D eigenvalue weighted by molar-refractivity contribution is 0.397. The summed E-state index contributed by atoms with van der Waals surface area (Å²) in [5.41, 5.74) is 3.33. The largest absolute Gasteiger partial charge is 0.260 e. The highest BCUT2D eigenvalue weighted by Gasteiger charge is 2.26. The molecule has 2 aromatic heterocycles. The number of nitrogens with one attached hydrogen (secondary N) is 1. The second kappa shape index (κ2) is 9.21. The van der Waals surface area contributed by atoms with Gasteiger partial charge in [-0.1, -0.05) is 63.2 Å². The maximum Gasteiger partial charge on any atom is 0.243 e. The van der Waals surface area contributed by atoms with Gasteiger partial charge >= 0.3 is 0 Å². The van der Waals surface area contributed by atoms with Crippen LogP contribution in [0.25, 0.3) is 11.4 Å². The first-order valence-electron chi connectivity index (χ1n) is 10.6. The number of rotatable bonds is 7. The van der Waals surface area contributed by atoms with Crippen molar-refractivity contribution in [3.8, 4) is 11.4 Å². The van der Waals surface area contributed by atoms with E-state index in [4.69, 9.17) is 0 Å². The minimum absolute atomic E-state index is 0.0591. The van der Waals surface area contributed by atoms with Crippen molar-refractivity contribution in [2.24, 2.45) is 0 Å². The molecule has 0 saturated heterocycles. The zero-order valence-corrected chi connectivity index (χ0v) is 19.6. The number of hydrogen-bond acceptors (Lipinski definition) is 6. The molecule has 4 aromatic rings. The summed E-state index contributed by atoms with van der Waals surface area (Å²) < 4.78 is 28.7. The average molecular weight is 463 g/mol. The summed E-state index contributed by atoms with van der Waals surface area (Å²) in [4.78, 5) is 4.59. The molecule has 0 aliphatic rings. The van der Waals surface area contributed by atoms with Crippen molar-refractivity contribution < 1.29 is 8.42 Å². The van der Waals surface area contributed by atoms with Gasteiger partial charge in [-0.15, -0.1) is 10.2 Å². The Morgan fingerprint density at radius 2 is 1.64 bits per heavy atom. The van der Waals surface area contributed by atoms with Crippen LogP contribution in [0.15, 0.2) is 77.8 Å². The maximum atomic E-state index is 13.6. The van der Waals surface area contributed by atoms with Crippen molar-refractivity contribution in [1.82, 2.24) is 29.9 Å². The van der Waals surface area contributed by atoms with E-state index in [-0.39, 0.29) is 23.4 Å². The number of aromatic nitrogens is 5. The lowest BCUT2D eigenvalue weighted by atomic mass is 9.87. The van der Waals surface area contributed by atoms with Crippen molar-refractivity contribution in [3.05, 3.63) is 89.7 Å². The summed E-state index contributed by atoms with van der Waals surface area (Å²) in [6.45, 7) is 6.66. The number of nitrogens with zero attached hydrogens (tertiary/aromatic N) is 5. The van der Waals surface area contributed by atoms with Crippen LogP contribution in [-0.4, -0.2) is 38.3 Å². The van der Waals surface area contributed by atoms with Crippen LogP contribution in [0.1, 0.15) is 37.6 Å². The third-order valence-electron chi connectivity index (χ3n) is 5.34. The van der Waals surface area contributed by atoms with Crippen LogP contribution in [-0.2, 0) is 28.5 Å². The molecule has 0 unspecified atom stereocenters. The minimum Gasteiger partial charge on any atom is -0.260 e. The standard InChI is InChI=1S/C24H26N6O2S/c1-24(2,3)20-11-13-22(14-12-20)33(31,32)30(17-21-6-4-5-15-25-21)16-18-7-9-19(10-8-18)23-26-28-29-27-23/h4-15H,16-17H2,1-3H3,(H,26,27,28,29). The van der Waals surface area contributed by atoms with Gasteiger partial charge in [-0.05, 0) is 46.0 Å². The monoisotopic (exact) mass is 462 g/mol. The van der Waals surface area contributed by atoms with Gasteiger partial charge in [0.05, 0.1) is 17.1 Å². The highest BCUT2D eigenvalue weighted by Crippen LogP contribution is 2.26. The van der Waals surface area contributed by atoms with Crippen molar-refractivity contribution in [2.45, 2.75) is 44.2 Å². The molecule has 1 N–H and O–H groups in total. The fraction of sp³-hybridized carbons (Fsp3) is 0.250. The molecule has 0 fully saturated rings. The van der Waals surface area contributed by atoms with Gasteiger partial charge in [-0.25, -0.2) is 8.42 Å². The molecule has 8 nitrogen and oxygen atoms in total.